The second-order valence-corrected chi connectivity index (χ2v) is 5.03. The average molecular weight is 269 g/mol. The lowest BCUT2D eigenvalue weighted by atomic mass is 9.99. The maximum atomic E-state index is 11.9. The standard InChI is InChI=1S/C14H21ClN2O/c1-4-11(5-2)12(15)9-17-14(18)13-10(3)7-6-8-16-13/h6-8,11-12H,4-5,9H2,1-3H3,(H,17,18). The lowest BCUT2D eigenvalue weighted by molar-refractivity contribution is 0.0946. The summed E-state index contributed by atoms with van der Waals surface area (Å²) in [6, 6.07) is 3.70. The lowest BCUT2D eigenvalue weighted by Crippen LogP contribution is -2.34. The van der Waals surface area contributed by atoms with E-state index in [1.807, 2.05) is 19.1 Å². The number of nitrogens with one attached hydrogen (secondary N) is 1. The molecule has 0 saturated heterocycles. The van der Waals surface area contributed by atoms with Crippen molar-refractivity contribution in [2.24, 2.45) is 5.92 Å². The summed E-state index contributed by atoms with van der Waals surface area (Å²) in [6.45, 7) is 6.60. The molecule has 0 aliphatic rings. The van der Waals surface area contributed by atoms with Crippen LogP contribution in [0.1, 0.15) is 42.7 Å². The summed E-state index contributed by atoms with van der Waals surface area (Å²) in [4.78, 5) is 16.0. The van der Waals surface area contributed by atoms with E-state index in [0.29, 0.717) is 18.2 Å². The molecule has 1 rings (SSSR count). The Morgan fingerprint density at radius 1 is 1.44 bits per heavy atom. The van der Waals surface area contributed by atoms with Gasteiger partial charge in [0.1, 0.15) is 5.69 Å². The van der Waals surface area contributed by atoms with Gasteiger partial charge in [-0.05, 0) is 24.5 Å². The largest absolute Gasteiger partial charge is 0.349 e. The molecule has 1 amide bonds. The first-order chi connectivity index (χ1) is 8.60. The smallest absolute Gasteiger partial charge is 0.270 e. The highest BCUT2D eigenvalue weighted by molar-refractivity contribution is 6.21. The first-order valence-electron chi connectivity index (χ1n) is 6.44. The molecule has 0 saturated carbocycles. The normalized spacial score (nSPS) is 12.5. The first-order valence-corrected chi connectivity index (χ1v) is 6.87. The Balaban J connectivity index is 2.54. The number of carbonyl (C=O) groups is 1. The van der Waals surface area contributed by atoms with Crippen LogP contribution in [0.2, 0.25) is 0 Å². The van der Waals surface area contributed by atoms with E-state index >= 15 is 0 Å². The number of aromatic nitrogens is 1. The Morgan fingerprint density at radius 3 is 2.67 bits per heavy atom. The van der Waals surface area contributed by atoms with Gasteiger partial charge in [0, 0.05) is 12.7 Å². The molecular formula is C14H21ClN2O. The molecule has 1 heterocycles. The molecule has 1 aromatic rings. The fraction of sp³-hybridized carbons (Fsp3) is 0.571. The molecule has 0 spiro atoms. The van der Waals surface area contributed by atoms with Crippen molar-refractivity contribution in [3.63, 3.8) is 0 Å². The topological polar surface area (TPSA) is 42.0 Å². The third kappa shape index (κ3) is 3.98. The summed E-state index contributed by atoms with van der Waals surface area (Å²) in [7, 11) is 0. The first kappa shape index (κ1) is 15.0. The second-order valence-electron chi connectivity index (χ2n) is 4.47. The molecule has 0 aliphatic carbocycles. The van der Waals surface area contributed by atoms with E-state index in [-0.39, 0.29) is 11.3 Å². The van der Waals surface area contributed by atoms with Gasteiger partial charge in [-0.25, -0.2) is 0 Å². The van der Waals surface area contributed by atoms with E-state index in [2.05, 4.69) is 24.1 Å². The molecule has 0 aliphatic heterocycles. The summed E-state index contributed by atoms with van der Waals surface area (Å²) in [5, 5.41) is 2.83. The maximum Gasteiger partial charge on any atom is 0.270 e. The molecule has 4 heteroatoms. The number of amides is 1. The van der Waals surface area contributed by atoms with Crippen LogP contribution in [0.25, 0.3) is 0 Å². The Bertz CT molecular complexity index is 391. The zero-order valence-corrected chi connectivity index (χ0v) is 12.0. The summed E-state index contributed by atoms with van der Waals surface area (Å²) >= 11 is 6.28. The van der Waals surface area contributed by atoms with E-state index in [4.69, 9.17) is 11.6 Å². The number of nitrogens with zero attached hydrogens (tertiary/aromatic N) is 1. The number of rotatable bonds is 6. The van der Waals surface area contributed by atoms with Crippen LogP contribution in [0.5, 0.6) is 0 Å². The Labute approximate surface area is 114 Å². The monoisotopic (exact) mass is 268 g/mol. The van der Waals surface area contributed by atoms with Crippen LogP contribution in [0.3, 0.4) is 0 Å². The van der Waals surface area contributed by atoms with Gasteiger partial charge in [-0.15, -0.1) is 11.6 Å². The highest BCUT2D eigenvalue weighted by Crippen LogP contribution is 2.17. The van der Waals surface area contributed by atoms with Crippen molar-refractivity contribution in [2.45, 2.75) is 39.0 Å². The van der Waals surface area contributed by atoms with Crippen molar-refractivity contribution >= 4 is 17.5 Å². The molecule has 0 radical (unpaired) electrons. The van der Waals surface area contributed by atoms with Crippen LogP contribution >= 0.6 is 11.6 Å². The third-order valence-corrected chi connectivity index (χ3v) is 3.75. The van der Waals surface area contributed by atoms with Gasteiger partial charge in [0.15, 0.2) is 0 Å². The van der Waals surface area contributed by atoms with Gasteiger partial charge in [0.25, 0.3) is 5.91 Å². The van der Waals surface area contributed by atoms with Gasteiger partial charge in [-0.2, -0.15) is 0 Å². The predicted octanol–water partition coefficient (Wildman–Crippen LogP) is 3.16. The van der Waals surface area contributed by atoms with E-state index < -0.39 is 0 Å². The van der Waals surface area contributed by atoms with Gasteiger partial charge in [-0.3, -0.25) is 9.78 Å². The molecule has 0 bridgehead atoms. The van der Waals surface area contributed by atoms with Crippen LogP contribution in [0.4, 0.5) is 0 Å². The third-order valence-electron chi connectivity index (χ3n) is 3.24. The Morgan fingerprint density at radius 2 is 2.11 bits per heavy atom. The zero-order chi connectivity index (χ0) is 13.5. The molecule has 18 heavy (non-hydrogen) atoms. The molecule has 0 fully saturated rings. The summed E-state index contributed by atoms with van der Waals surface area (Å²) in [6.07, 6.45) is 3.69. The molecular weight excluding hydrogens is 248 g/mol. The molecule has 1 aromatic heterocycles. The minimum atomic E-state index is -0.148. The molecule has 3 nitrogen and oxygen atoms in total. The van der Waals surface area contributed by atoms with Crippen LogP contribution < -0.4 is 5.32 Å². The fourth-order valence-corrected chi connectivity index (χ4v) is 2.40. The highest BCUT2D eigenvalue weighted by Gasteiger charge is 2.17. The number of alkyl halides is 1. The van der Waals surface area contributed by atoms with Crippen molar-refractivity contribution in [1.29, 1.82) is 0 Å². The van der Waals surface area contributed by atoms with Gasteiger partial charge < -0.3 is 5.32 Å². The zero-order valence-electron chi connectivity index (χ0n) is 11.2. The van der Waals surface area contributed by atoms with Crippen LogP contribution in [0, 0.1) is 12.8 Å². The minimum absolute atomic E-state index is 0.0204. The number of hydrogen-bond donors (Lipinski definition) is 1. The molecule has 1 atom stereocenters. The fourth-order valence-electron chi connectivity index (χ4n) is 1.96. The summed E-state index contributed by atoms with van der Waals surface area (Å²) in [5.41, 5.74) is 1.36. The number of carbonyl (C=O) groups excluding carboxylic acids is 1. The van der Waals surface area contributed by atoms with Crippen molar-refractivity contribution in [2.75, 3.05) is 6.54 Å². The molecule has 100 valence electrons. The van der Waals surface area contributed by atoms with Crippen molar-refractivity contribution in [1.82, 2.24) is 10.3 Å². The Kier molecular flexibility index (Phi) is 6.13. The van der Waals surface area contributed by atoms with Crippen molar-refractivity contribution < 1.29 is 4.79 Å². The van der Waals surface area contributed by atoms with Gasteiger partial charge in [-0.1, -0.05) is 32.8 Å². The Hall–Kier alpha value is -1.09. The van der Waals surface area contributed by atoms with E-state index in [9.17, 15) is 4.79 Å². The van der Waals surface area contributed by atoms with E-state index in [1.165, 1.54) is 0 Å². The number of hydrogen-bond acceptors (Lipinski definition) is 2. The van der Waals surface area contributed by atoms with Crippen molar-refractivity contribution in [3.8, 4) is 0 Å². The van der Waals surface area contributed by atoms with Crippen molar-refractivity contribution in [3.05, 3.63) is 29.6 Å². The predicted molar refractivity (Wildman–Crippen MR) is 75.0 cm³/mol. The maximum absolute atomic E-state index is 11.9. The SMILES string of the molecule is CCC(CC)C(Cl)CNC(=O)c1ncccc1C. The van der Waals surface area contributed by atoms with Gasteiger partial charge in [0.05, 0.1) is 5.38 Å². The second kappa shape index (κ2) is 7.37. The van der Waals surface area contributed by atoms with Gasteiger partial charge in [0.2, 0.25) is 0 Å². The summed E-state index contributed by atoms with van der Waals surface area (Å²) in [5.74, 6) is 0.293. The van der Waals surface area contributed by atoms with Crippen LogP contribution in [-0.2, 0) is 0 Å². The molecule has 1 N–H and O–H groups in total. The van der Waals surface area contributed by atoms with Crippen LogP contribution in [0.15, 0.2) is 18.3 Å². The molecule has 1 unspecified atom stereocenters. The van der Waals surface area contributed by atoms with E-state index in [0.717, 1.165) is 18.4 Å². The number of aryl methyl sites for hydroxylation is 1. The molecule has 0 aromatic carbocycles. The highest BCUT2D eigenvalue weighted by atomic mass is 35.5. The lowest BCUT2D eigenvalue weighted by Gasteiger charge is -2.19. The van der Waals surface area contributed by atoms with Gasteiger partial charge >= 0.3 is 0 Å². The number of pyridine rings is 1. The average Bonchev–Trinajstić information content (AvgIpc) is 2.38. The minimum Gasteiger partial charge on any atom is -0.349 e. The summed E-state index contributed by atoms with van der Waals surface area (Å²) < 4.78 is 0. The number of halogens is 1. The quantitative estimate of drug-likeness (QED) is 0.806. The van der Waals surface area contributed by atoms with E-state index in [1.54, 1.807) is 6.20 Å². The van der Waals surface area contributed by atoms with Crippen LogP contribution in [-0.4, -0.2) is 22.8 Å².